The van der Waals surface area contributed by atoms with E-state index in [1.54, 1.807) is 11.1 Å². The number of nitrogens with two attached hydrogens (primary N) is 1. The maximum Gasteiger partial charge on any atom is 0.260 e. The van der Waals surface area contributed by atoms with Crippen molar-refractivity contribution in [3.05, 3.63) is 36.3 Å². The zero-order valence-corrected chi connectivity index (χ0v) is 17.1. The number of alkyl halides is 2. The zero-order chi connectivity index (χ0) is 22.0. The number of H-pyrrole nitrogens is 2. The summed E-state index contributed by atoms with van der Waals surface area (Å²) in [5.41, 5.74) is 10.0. The number of nitrogens with one attached hydrogen (secondary N) is 2. The lowest BCUT2D eigenvalue weighted by Gasteiger charge is -2.24. The van der Waals surface area contributed by atoms with E-state index < -0.39 is 17.7 Å². The third kappa shape index (κ3) is 3.01. The molecule has 0 radical (unpaired) electrons. The summed E-state index contributed by atoms with van der Waals surface area (Å²) >= 11 is 0. The first kappa shape index (κ1) is 19.1. The third-order valence-corrected chi connectivity index (χ3v) is 6.51. The molecule has 4 aromatic rings. The highest BCUT2D eigenvalue weighted by atomic mass is 19.3. The Labute approximate surface area is 181 Å². The van der Waals surface area contributed by atoms with Gasteiger partial charge in [0.2, 0.25) is 5.91 Å². The Bertz CT molecular complexity index is 1350. The summed E-state index contributed by atoms with van der Waals surface area (Å²) in [6, 6.07) is 7.57. The number of hydrogen-bond donors (Lipinski definition) is 3. The van der Waals surface area contributed by atoms with Crippen LogP contribution in [0.3, 0.4) is 0 Å². The number of aromatic amines is 2. The van der Waals surface area contributed by atoms with Crippen molar-refractivity contribution < 1.29 is 13.6 Å². The van der Waals surface area contributed by atoms with Crippen LogP contribution in [-0.4, -0.2) is 54.5 Å². The Balaban J connectivity index is 1.32. The smallest absolute Gasteiger partial charge is 0.260 e. The van der Waals surface area contributed by atoms with Crippen molar-refractivity contribution in [3.8, 4) is 11.3 Å². The molecule has 8 nitrogen and oxygen atoms in total. The number of likely N-dealkylation sites (tertiary alicyclic amines) is 1. The number of nitrogen functional groups attached to an aromatic ring is 1. The molecule has 1 aliphatic carbocycles. The molecule has 2 fully saturated rings. The van der Waals surface area contributed by atoms with Gasteiger partial charge < -0.3 is 15.6 Å². The predicted molar refractivity (Wildman–Crippen MR) is 115 cm³/mol. The quantitative estimate of drug-likeness (QED) is 0.453. The van der Waals surface area contributed by atoms with Crippen LogP contribution in [-0.2, 0) is 11.2 Å². The lowest BCUT2D eigenvalue weighted by Crippen LogP contribution is -2.39. The molecule has 0 bridgehead atoms. The van der Waals surface area contributed by atoms with Crippen LogP contribution in [0.2, 0.25) is 0 Å². The number of benzene rings is 1. The molecule has 32 heavy (non-hydrogen) atoms. The van der Waals surface area contributed by atoms with Gasteiger partial charge in [0.05, 0.1) is 16.7 Å². The van der Waals surface area contributed by atoms with Crippen LogP contribution in [0.15, 0.2) is 30.5 Å². The molecule has 4 N–H and O–H groups in total. The van der Waals surface area contributed by atoms with E-state index in [0.29, 0.717) is 30.1 Å². The van der Waals surface area contributed by atoms with Gasteiger partial charge in [-0.05, 0) is 31.0 Å². The zero-order valence-electron chi connectivity index (χ0n) is 17.1. The number of carbonyl (C=O) groups is 1. The summed E-state index contributed by atoms with van der Waals surface area (Å²) in [6.45, 7) is 0.513. The van der Waals surface area contributed by atoms with Gasteiger partial charge in [0.15, 0.2) is 5.82 Å². The Hall–Kier alpha value is -3.56. The molecule has 6 rings (SSSR count). The molecule has 1 saturated carbocycles. The molecule has 1 aliphatic heterocycles. The number of amides is 1. The Morgan fingerprint density at radius 2 is 2.12 bits per heavy atom. The molecule has 3 aromatic heterocycles. The average Bonchev–Trinajstić information content (AvgIpc) is 3.29. The monoisotopic (exact) mass is 437 g/mol. The van der Waals surface area contributed by atoms with Crippen LogP contribution in [0.25, 0.3) is 33.2 Å². The maximum absolute atomic E-state index is 13.4. The van der Waals surface area contributed by atoms with Crippen LogP contribution < -0.4 is 5.73 Å². The van der Waals surface area contributed by atoms with Crippen molar-refractivity contribution in [2.24, 2.45) is 5.92 Å². The summed E-state index contributed by atoms with van der Waals surface area (Å²) in [4.78, 5) is 26.6. The number of halogens is 2. The second-order valence-electron chi connectivity index (χ2n) is 8.65. The van der Waals surface area contributed by atoms with Gasteiger partial charge in [-0.15, -0.1) is 0 Å². The number of fused-ring (bicyclic) bond motifs is 3. The van der Waals surface area contributed by atoms with Crippen LogP contribution in [0.5, 0.6) is 0 Å². The second kappa shape index (κ2) is 6.72. The van der Waals surface area contributed by atoms with E-state index in [2.05, 4.69) is 25.1 Å². The minimum absolute atomic E-state index is 0.147. The molecule has 0 spiro atoms. The normalized spacial score (nSPS) is 22.1. The number of pyridine rings is 1. The van der Waals surface area contributed by atoms with Gasteiger partial charge >= 0.3 is 0 Å². The molecule has 2 aliphatic rings. The SMILES string of the molecule is Nc1nc2cc(-c3cc[nH]n3)ccc2c2[nH]c(C[C@@H]3CCCN3C(=O)C3CC3(F)F)nc12. The van der Waals surface area contributed by atoms with Crippen molar-refractivity contribution in [1.29, 1.82) is 0 Å². The summed E-state index contributed by atoms with van der Waals surface area (Å²) in [6.07, 6.45) is 3.45. The van der Waals surface area contributed by atoms with Crippen molar-refractivity contribution in [1.82, 2.24) is 30.0 Å². The number of hydrogen-bond acceptors (Lipinski definition) is 5. The number of imidazole rings is 1. The fourth-order valence-corrected chi connectivity index (χ4v) is 4.74. The number of anilines is 1. The Morgan fingerprint density at radius 3 is 2.88 bits per heavy atom. The highest BCUT2D eigenvalue weighted by Gasteiger charge is 2.62. The highest BCUT2D eigenvalue weighted by molar-refractivity contribution is 6.07. The number of aromatic nitrogens is 5. The molecule has 2 atom stereocenters. The minimum Gasteiger partial charge on any atom is -0.382 e. The number of rotatable bonds is 4. The van der Waals surface area contributed by atoms with Crippen molar-refractivity contribution in [2.45, 2.75) is 37.6 Å². The lowest BCUT2D eigenvalue weighted by molar-refractivity contribution is -0.135. The van der Waals surface area contributed by atoms with E-state index in [1.807, 2.05) is 24.3 Å². The van der Waals surface area contributed by atoms with Crippen LogP contribution in [0.1, 0.15) is 25.1 Å². The van der Waals surface area contributed by atoms with Gasteiger partial charge in [-0.25, -0.2) is 18.7 Å². The fourth-order valence-electron chi connectivity index (χ4n) is 4.74. The molecule has 10 heteroatoms. The maximum atomic E-state index is 13.4. The lowest BCUT2D eigenvalue weighted by atomic mass is 10.1. The summed E-state index contributed by atoms with van der Waals surface area (Å²) in [5.74, 6) is -3.47. The molecule has 1 unspecified atom stereocenters. The van der Waals surface area contributed by atoms with Gasteiger partial charge in [0, 0.05) is 42.6 Å². The first-order chi connectivity index (χ1) is 15.4. The highest BCUT2D eigenvalue weighted by Crippen LogP contribution is 2.50. The first-order valence-electron chi connectivity index (χ1n) is 10.7. The van der Waals surface area contributed by atoms with Gasteiger partial charge in [-0.1, -0.05) is 6.07 Å². The van der Waals surface area contributed by atoms with Gasteiger partial charge in [-0.2, -0.15) is 5.10 Å². The minimum atomic E-state index is -2.85. The molecule has 1 amide bonds. The Morgan fingerprint density at radius 1 is 1.28 bits per heavy atom. The summed E-state index contributed by atoms with van der Waals surface area (Å²) in [5, 5.41) is 7.88. The molecule has 1 aromatic carbocycles. The van der Waals surface area contributed by atoms with Crippen molar-refractivity contribution >= 4 is 33.7 Å². The predicted octanol–water partition coefficient (Wildman–Crippen LogP) is 3.27. The van der Waals surface area contributed by atoms with Crippen LogP contribution in [0, 0.1) is 5.92 Å². The van der Waals surface area contributed by atoms with Crippen molar-refractivity contribution in [3.63, 3.8) is 0 Å². The standard InChI is InChI=1S/C22H21F2N7O/c23-22(24)10-14(22)21(32)31-7-1-2-12(31)9-17-28-18-13-4-3-11(15-5-6-26-30-15)8-16(13)27-20(25)19(18)29-17/h3-6,8,12,14H,1-2,7,9-10H2,(H2,25,27)(H,26,30)(H,28,29)/t12-,14?/m0/s1. The van der Waals surface area contributed by atoms with Crippen LogP contribution in [0.4, 0.5) is 14.6 Å². The number of carbonyl (C=O) groups excluding carboxylic acids is 1. The Kier molecular flexibility index (Phi) is 4.02. The molecule has 164 valence electrons. The van der Waals surface area contributed by atoms with E-state index in [-0.39, 0.29) is 12.5 Å². The average molecular weight is 437 g/mol. The van der Waals surface area contributed by atoms with E-state index in [4.69, 9.17) is 5.73 Å². The van der Waals surface area contributed by atoms with E-state index >= 15 is 0 Å². The molecule has 1 saturated heterocycles. The summed E-state index contributed by atoms with van der Waals surface area (Å²) in [7, 11) is 0. The van der Waals surface area contributed by atoms with Gasteiger partial charge in [-0.3, -0.25) is 9.89 Å². The van der Waals surface area contributed by atoms with Crippen molar-refractivity contribution in [2.75, 3.05) is 12.3 Å². The first-order valence-corrected chi connectivity index (χ1v) is 10.7. The molecular weight excluding hydrogens is 416 g/mol. The van der Waals surface area contributed by atoms with Crippen LogP contribution >= 0.6 is 0 Å². The van der Waals surface area contributed by atoms with Gasteiger partial charge in [0.1, 0.15) is 17.3 Å². The van der Waals surface area contributed by atoms with E-state index in [0.717, 1.165) is 40.5 Å². The number of nitrogens with zero attached hydrogens (tertiary/aromatic N) is 4. The third-order valence-electron chi connectivity index (χ3n) is 6.51. The second-order valence-corrected chi connectivity index (χ2v) is 8.65. The fraction of sp³-hybridized carbons (Fsp3) is 0.364. The largest absolute Gasteiger partial charge is 0.382 e. The van der Waals surface area contributed by atoms with E-state index in [9.17, 15) is 13.6 Å². The molecule has 4 heterocycles. The summed E-state index contributed by atoms with van der Waals surface area (Å²) < 4.78 is 26.8. The topological polar surface area (TPSA) is 117 Å². The molecular formula is C22H21F2N7O. The van der Waals surface area contributed by atoms with Gasteiger partial charge in [0.25, 0.3) is 5.92 Å². The van der Waals surface area contributed by atoms with E-state index in [1.165, 1.54) is 0 Å².